The van der Waals surface area contributed by atoms with Crippen molar-refractivity contribution < 1.29 is 5.11 Å². The quantitative estimate of drug-likeness (QED) is 0.786. The average Bonchev–Trinajstić information content (AvgIpc) is 2.17. The maximum atomic E-state index is 8.80. The molecule has 0 bridgehead atoms. The highest BCUT2D eigenvalue weighted by Crippen LogP contribution is 2.16. The topological polar surface area (TPSA) is 36.4 Å². The van der Waals surface area contributed by atoms with Gasteiger partial charge in [0.05, 0.1) is 0 Å². The zero-order chi connectivity index (χ0) is 10.6. The Morgan fingerprint density at radius 1 is 1.50 bits per heavy atom. The third-order valence-electron chi connectivity index (χ3n) is 2.34. The van der Waals surface area contributed by atoms with Crippen LogP contribution in [0.2, 0.25) is 0 Å². The molecule has 0 aliphatic carbocycles. The summed E-state index contributed by atoms with van der Waals surface area (Å²) in [4.78, 5) is 6.49. The van der Waals surface area contributed by atoms with Gasteiger partial charge in [-0.3, -0.25) is 0 Å². The van der Waals surface area contributed by atoms with Crippen molar-refractivity contribution in [3.63, 3.8) is 0 Å². The molecule has 0 fully saturated rings. The third-order valence-corrected chi connectivity index (χ3v) is 2.34. The fraction of sp³-hybridized carbons (Fsp3) is 0.545. The molecule has 0 saturated carbocycles. The molecule has 0 aliphatic heterocycles. The Morgan fingerprint density at radius 3 is 2.71 bits per heavy atom. The maximum Gasteiger partial charge on any atom is 0.131 e. The summed E-state index contributed by atoms with van der Waals surface area (Å²) in [6.45, 7) is 5.29. The smallest absolute Gasteiger partial charge is 0.131 e. The first-order valence-electron chi connectivity index (χ1n) is 4.96. The van der Waals surface area contributed by atoms with Crippen molar-refractivity contribution in [2.24, 2.45) is 0 Å². The van der Waals surface area contributed by atoms with Gasteiger partial charge in [-0.2, -0.15) is 0 Å². The van der Waals surface area contributed by atoms with Crippen molar-refractivity contribution in [1.29, 1.82) is 0 Å². The van der Waals surface area contributed by atoms with E-state index in [1.54, 1.807) is 0 Å². The summed E-state index contributed by atoms with van der Waals surface area (Å²) >= 11 is 0. The second kappa shape index (κ2) is 4.96. The first-order valence-corrected chi connectivity index (χ1v) is 4.96. The fourth-order valence-electron chi connectivity index (χ4n) is 1.44. The van der Waals surface area contributed by atoms with Crippen LogP contribution in [0.5, 0.6) is 0 Å². The van der Waals surface area contributed by atoms with Crippen LogP contribution < -0.4 is 4.90 Å². The van der Waals surface area contributed by atoms with Gasteiger partial charge in [0, 0.05) is 26.4 Å². The van der Waals surface area contributed by atoms with Crippen molar-refractivity contribution >= 4 is 5.82 Å². The number of aromatic nitrogens is 1. The van der Waals surface area contributed by atoms with E-state index in [4.69, 9.17) is 5.11 Å². The highest BCUT2D eigenvalue weighted by molar-refractivity contribution is 5.46. The Kier molecular flexibility index (Phi) is 3.89. The number of aliphatic hydroxyl groups excluding tert-OH is 1. The van der Waals surface area contributed by atoms with E-state index in [0.29, 0.717) is 6.42 Å². The summed E-state index contributed by atoms with van der Waals surface area (Å²) in [7, 11) is 2.03. The van der Waals surface area contributed by atoms with E-state index in [1.165, 1.54) is 5.56 Å². The van der Waals surface area contributed by atoms with E-state index >= 15 is 0 Å². The molecule has 3 nitrogen and oxygen atoms in total. The number of aryl methyl sites for hydroxylation is 1. The minimum absolute atomic E-state index is 0.185. The normalized spacial score (nSPS) is 10.3. The highest BCUT2D eigenvalue weighted by atomic mass is 16.2. The molecule has 0 saturated heterocycles. The summed E-state index contributed by atoms with van der Waals surface area (Å²) in [6.07, 6.45) is 2.52. The van der Waals surface area contributed by atoms with Crippen molar-refractivity contribution in [3.05, 3.63) is 23.4 Å². The van der Waals surface area contributed by atoms with Gasteiger partial charge in [-0.25, -0.2) is 4.98 Å². The molecule has 14 heavy (non-hydrogen) atoms. The Bertz CT molecular complexity index is 299. The molecule has 1 N–H and O–H groups in total. The molecule has 0 amide bonds. The van der Waals surface area contributed by atoms with Gasteiger partial charge >= 0.3 is 0 Å². The van der Waals surface area contributed by atoms with E-state index in [0.717, 1.165) is 17.9 Å². The van der Waals surface area contributed by atoms with Crippen LogP contribution >= 0.6 is 0 Å². The van der Waals surface area contributed by atoms with Crippen LogP contribution in [0.4, 0.5) is 5.82 Å². The molecule has 1 rings (SSSR count). The first-order chi connectivity index (χ1) is 6.69. The van der Waals surface area contributed by atoms with Crippen molar-refractivity contribution in [2.45, 2.75) is 20.3 Å². The van der Waals surface area contributed by atoms with Gasteiger partial charge in [-0.1, -0.05) is 6.07 Å². The van der Waals surface area contributed by atoms with Gasteiger partial charge in [0.15, 0.2) is 0 Å². The number of aliphatic hydroxyl groups is 1. The summed E-state index contributed by atoms with van der Waals surface area (Å²) in [5, 5.41) is 8.80. The van der Waals surface area contributed by atoms with E-state index in [-0.39, 0.29) is 6.61 Å². The van der Waals surface area contributed by atoms with Crippen molar-refractivity contribution in [3.8, 4) is 0 Å². The van der Waals surface area contributed by atoms with Crippen LogP contribution in [-0.4, -0.2) is 30.3 Å². The SMILES string of the molecule is CCN(C)c1ncc(CCO)cc1C. The molecule has 78 valence electrons. The van der Waals surface area contributed by atoms with E-state index in [1.807, 2.05) is 13.2 Å². The molecule has 0 atom stereocenters. The number of anilines is 1. The van der Waals surface area contributed by atoms with Crippen LogP contribution in [-0.2, 0) is 6.42 Å². The summed E-state index contributed by atoms with van der Waals surface area (Å²) < 4.78 is 0. The molecule has 0 unspecified atom stereocenters. The summed E-state index contributed by atoms with van der Waals surface area (Å²) in [5.41, 5.74) is 2.26. The minimum Gasteiger partial charge on any atom is -0.396 e. The summed E-state index contributed by atoms with van der Waals surface area (Å²) in [5.74, 6) is 1.02. The average molecular weight is 194 g/mol. The zero-order valence-corrected chi connectivity index (χ0v) is 9.12. The first kappa shape index (κ1) is 11.0. The van der Waals surface area contributed by atoms with E-state index < -0.39 is 0 Å². The molecule has 0 aliphatic rings. The Balaban J connectivity index is 2.89. The van der Waals surface area contributed by atoms with Crippen LogP contribution in [0.25, 0.3) is 0 Å². The third kappa shape index (κ3) is 2.45. The Labute approximate surface area is 85.4 Å². The van der Waals surface area contributed by atoms with E-state index in [9.17, 15) is 0 Å². The standard InChI is InChI=1S/C11H18N2O/c1-4-13(3)11-9(2)7-10(5-6-14)8-12-11/h7-8,14H,4-6H2,1-3H3. The molecular formula is C11H18N2O. The van der Waals surface area contributed by atoms with Gasteiger partial charge in [0.2, 0.25) is 0 Å². The molecule has 1 aromatic heterocycles. The predicted molar refractivity (Wildman–Crippen MR) is 58.7 cm³/mol. The molecule has 3 heteroatoms. The number of rotatable bonds is 4. The lowest BCUT2D eigenvalue weighted by molar-refractivity contribution is 0.299. The number of hydrogen-bond acceptors (Lipinski definition) is 3. The molecular weight excluding hydrogens is 176 g/mol. The van der Waals surface area contributed by atoms with Crippen LogP contribution in [0.15, 0.2) is 12.3 Å². The van der Waals surface area contributed by atoms with Crippen molar-refractivity contribution in [1.82, 2.24) is 4.98 Å². The highest BCUT2D eigenvalue weighted by Gasteiger charge is 2.04. The van der Waals surface area contributed by atoms with Gasteiger partial charge < -0.3 is 10.0 Å². The predicted octanol–water partition coefficient (Wildman–Crippen LogP) is 1.38. The van der Waals surface area contributed by atoms with Crippen LogP contribution in [0.1, 0.15) is 18.1 Å². The monoisotopic (exact) mass is 194 g/mol. The number of nitrogens with zero attached hydrogens (tertiary/aromatic N) is 2. The molecule has 1 heterocycles. The molecule has 1 aromatic rings. The van der Waals surface area contributed by atoms with Crippen LogP contribution in [0, 0.1) is 6.92 Å². The lowest BCUT2D eigenvalue weighted by Gasteiger charge is -2.18. The molecule has 0 radical (unpaired) electrons. The van der Waals surface area contributed by atoms with E-state index in [2.05, 4.69) is 29.8 Å². The lowest BCUT2D eigenvalue weighted by Crippen LogP contribution is -2.18. The van der Waals surface area contributed by atoms with Gasteiger partial charge in [-0.05, 0) is 31.4 Å². The van der Waals surface area contributed by atoms with Gasteiger partial charge in [0.1, 0.15) is 5.82 Å². The molecule has 0 spiro atoms. The second-order valence-electron chi connectivity index (χ2n) is 3.47. The van der Waals surface area contributed by atoms with Crippen molar-refractivity contribution in [2.75, 3.05) is 25.1 Å². The zero-order valence-electron chi connectivity index (χ0n) is 9.12. The summed E-state index contributed by atoms with van der Waals surface area (Å²) in [6, 6.07) is 2.09. The van der Waals surface area contributed by atoms with Gasteiger partial charge in [-0.15, -0.1) is 0 Å². The Morgan fingerprint density at radius 2 is 2.21 bits per heavy atom. The second-order valence-corrected chi connectivity index (χ2v) is 3.47. The number of hydrogen-bond donors (Lipinski definition) is 1. The van der Waals surface area contributed by atoms with Gasteiger partial charge in [0.25, 0.3) is 0 Å². The Hall–Kier alpha value is -1.09. The minimum atomic E-state index is 0.185. The molecule has 0 aromatic carbocycles. The fourth-order valence-corrected chi connectivity index (χ4v) is 1.44. The largest absolute Gasteiger partial charge is 0.396 e. The van der Waals surface area contributed by atoms with Crippen LogP contribution in [0.3, 0.4) is 0 Å². The maximum absolute atomic E-state index is 8.80. The number of pyridine rings is 1. The lowest BCUT2D eigenvalue weighted by atomic mass is 10.1.